The van der Waals surface area contributed by atoms with Crippen molar-refractivity contribution in [3.63, 3.8) is 0 Å². The molecule has 2 fully saturated rings. The second kappa shape index (κ2) is 6.10. The lowest BCUT2D eigenvalue weighted by molar-refractivity contribution is 0.0984. The van der Waals surface area contributed by atoms with Crippen LogP contribution in [0.3, 0.4) is 0 Å². The molecule has 3 atom stereocenters. The van der Waals surface area contributed by atoms with Gasteiger partial charge >= 0.3 is 0 Å². The lowest BCUT2D eigenvalue weighted by atomic mass is 9.70. The number of hydrogen-bond acceptors (Lipinski definition) is 4. The third kappa shape index (κ3) is 2.63. The van der Waals surface area contributed by atoms with Crippen LogP contribution in [0.5, 0.6) is 0 Å². The van der Waals surface area contributed by atoms with E-state index in [1.165, 1.54) is 17.5 Å². The van der Waals surface area contributed by atoms with Crippen LogP contribution < -0.4 is 4.90 Å². The number of aryl methyl sites for hydroxylation is 2. The molecule has 0 radical (unpaired) electrons. The minimum absolute atomic E-state index is 0.0660. The molecule has 1 aromatic carbocycles. The largest absolute Gasteiger partial charge is 0.396 e. The molecule has 4 heteroatoms. The molecular formula is C21H27N3O. The fraction of sp³-hybridized carbons (Fsp3) is 0.524. The second-order valence-electron chi connectivity index (χ2n) is 7.85. The van der Waals surface area contributed by atoms with Crippen molar-refractivity contribution in [1.82, 2.24) is 9.97 Å². The molecule has 25 heavy (non-hydrogen) atoms. The molecular weight excluding hydrogens is 310 g/mol. The molecule has 0 amide bonds. The van der Waals surface area contributed by atoms with Gasteiger partial charge in [-0.1, -0.05) is 30.3 Å². The molecule has 2 bridgehead atoms. The minimum atomic E-state index is -0.0660. The van der Waals surface area contributed by atoms with Gasteiger partial charge in [-0.05, 0) is 52.0 Å². The maximum absolute atomic E-state index is 10.4. The summed E-state index contributed by atoms with van der Waals surface area (Å²) in [5, 5.41) is 10.4. The van der Waals surface area contributed by atoms with Crippen LogP contribution in [0.4, 0.5) is 5.82 Å². The van der Waals surface area contributed by atoms with Gasteiger partial charge in [0, 0.05) is 28.8 Å². The van der Waals surface area contributed by atoms with Gasteiger partial charge in [0.05, 0.1) is 6.61 Å². The van der Waals surface area contributed by atoms with E-state index >= 15 is 0 Å². The summed E-state index contributed by atoms with van der Waals surface area (Å²) in [6.45, 7) is 6.40. The first-order valence-corrected chi connectivity index (χ1v) is 9.29. The number of rotatable bonds is 4. The number of nitrogens with zero attached hydrogens (tertiary/aromatic N) is 3. The first kappa shape index (κ1) is 16.5. The Balaban J connectivity index is 1.71. The number of fused-ring (bicyclic) bond motifs is 2. The Morgan fingerprint density at radius 1 is 1.12 bits per heavy atom. The lowest BCUT2D eigenvalue weighted by Crippen LogP contribution is -2.42. The van der Waals surface area contributed by atoms with Crippen molar-refractivity contribution in [2.45, 2.75) is 58.5 Å². The average Bonchev–Trinajstić information content (AvgIpc) is 3.15. The topological polar surface area (TPSA) is 49.2 Å². The molecule has 0 saturated carbocycles. The highest BCUT2D eigenvalue weighted by molar-refractivity contribution is 5.54. The number of benzene rings is 1. The van der Waals surface area contributed by atoms with Crippen LogP contribution >= 0.6 is 0 Å². The number of aliphatic hydroxyl groups is 1. The number of aliphatic hydroxyl groups excluding tert-OH is 1. The average molecular weight is 337 g/mol. The molecule has 1 aromatic heterocycles. The Morgan fingerprint density at radius 3 is 2.60 bits per heavy atom. The highest BCUT2D eigenvalue weighted by Gasteiger charge is 2.56. The molecule has 1 N–H and O–H groups in total. The number of anilines is 1. The standard InChI is InChI=1S/C21H27N3O/c1-14-15(2)22-16(3)23-20(14)24-18-9-10-19(24)21(12-18,13-25)11-17-7-5-4-6-8-17/h4-8,18-19,25H,9-13H2,1-3H3/t18-,19+,21-/m1/s1. The summed E-state index contributed by atoms with van der Waals surface area (Å²) in [7, 11) is 0. The van der Waals surface area contributed by atoms with Crippen molar-refractivity contribution in [2.75, 3.05) is 11.5 Å². The number of hydrogen-bond donors (Lipinski definition) is 1. The summed E-state index contributed by atoms with van der Waals surface area (Å²) in [6, 6.07) is 11.4. The summed E-state index contributed by atoms with van der Waals surface area (Å²) < 4.78 is 0. The quantitative estimate of drug-likeness (QED) is 0.929. The lowest BCUT2D eigenvalue weighted by Gasteiger charge is -2.36. The van der Waals surface area contributed by atoms with Gasteiger partial charge < -0.3 is 10.0 Å². The molecule has 132 valence electrons. The zero-order chi connectivity index (χ0) is 17.6. The van der Waals surface area contributed by atoms with Gasteiger partial charge in [-0.15, -0.1) is 0 Å². The first-order valence-electron chi connectivity index (χ1n) is 9.29. The summed E-state index contributed by atoms with van der Waals surface area (Å²) in [5.74, 6) is 1.92. The Labute approximate surface area is 149 Å². The fourth-order valence-electron chi connectivity index (χ4n) is 5.03. The van der Waals surface area contributed by atoms with E-state index in [0.717, 1.165) is 36.6 Å². The van der Waals surface area contributed by atoms with Crippen molar-refractivity contribution in [1.29, 1.82) is 0 Å². The van der Waals surface area contributed by atoms with E-state index in [-0.39, 0.29) is 12.0 Å². The van der Waals surface area contributed by atoms with Gasteiger partial charge in [-0.25, -0.2) is 9.97 Å². The van der Waals surface area contributed by atoms with Crippen LogP contribution in [0.1, 0.15) is 41.9 Å². The molecule has 4 rings (SSSR count). The van der Waals surface area contributed by atoms with Crippen LogP contribution in [0, 0.1) is 26.2 Å². The summed E-state index contributed by atoms with van der Waals surface area (Å²) in [6.07, 6.45) is 4.32. The molecule has 2 aliphatic rings. The van der Waals surface area contributed by atoms with Gasteiger partial charge in [0.25, 0.3) is 0 Å². The maximum Gasteiger partial charge on any atom is 0.135 e. The van der Waals surface area contributed by atoms with E-state index in [1.54, 1.807) is 0 Å². The third-order valence-corrected chi connectivity index (χ3v) is 6.29. The normalized spacial score (nSPS) is 27.9. The van der Waals surface area contributed by atoms with Crippen molar-refractivity contribution >= 4 is 5.82 Å². The zero-order valence-electron chi connectivity index (χ0n) is 15.4. The van der Waals surface area contributed by atoms with Crippen molar-refractivity contribution in [3.05, 3.63) is 53.0 Å². The van der Waals surface area contributed by atoms with E-state index in [1.807, 2.05) is 6.92 Å². The second-order valence-corrected chi connectivity index (χ2v) is 7.85. The summed E-state index contributed by atoms with van der Waals surface area (Å²) >= 11 is 0. The Kier molecular flexibility index (Phi) is 4.03. The molecule has 2 aliphatic heterocycles. The predicted molar refractivity (Wildman–Crippen MR) is 99.8 cm³/mol. The fourth-order valence-corrected chi connectivity index (χ4v) is 5.03. The number of aromatic nitrogens is 2. The molecule has 0 aliphatic carbocycles. The van der Waals surface area contributed by atoms with E-state index in [9.17, 15) is 5.11 Å². The first-order chi connectivity index (χ1) is 12.0. The van der Waals surface area contributed by atoms with Crippen LogP contribution in [0.2, 0.25) is 0 Å². The van der Waals surface area contributed by atoms with E-state index in [0.29, 0.717) is 12.1 Å². The van der Waals surface area contributed by atoms with E-state index in [2.05, 4.69) is 54.1 Å². The predicted octanol–water partition coefficient (Wildman–Crippen LogP) is 3.36. The van der Waals surface area contributed by atoms with Crippen LogP contribution in [0.15, 0.2) is 30.3 Å². The van der Waals surface area contributed by atoms with Crippen molar-refractivity contribution in [3.8, 4) is 0 Å². The van der Waals surface area contributed by atoms with Gasteiger partial charge in [-0.2, -0.15) is 0 Å². The van der Waals surface area contributed by atoms with Crippen molar-refractivity contribution in [2.24, 2.45) is 5.41 Å². The minimum Gasteiger partial charge on any atom is -0.396 e. The molecule has 0 spiro atoms. The Hall–Kier alpha value is -1.94. The summed E-state index contributed by atoms with van der Waals surface area (Å²) in [4.78, 5) is 11.8. The Bertz CT molecular complexity index is 776. The highest BCUT2D eigenvalue weighted by Crippen LogP contribution is 2.53. The van der Waals surface area contributed by atoms with Gasteiger partial charge in [0.1, 0.15) is 11.6 Å². The Morgan fingerprint density at radius 2 is 1.88 bits per heavy atom. The van der Waals surface area contributed by atoms with Crippen LogP contribution in [0.25, 0.3) is 0 Å². The van der Waals surface area contributed by atoms with Gasteiger partial charge in [-0.3, -0.25) is 0 Å². The van der Waals surface area contributed by atoms with Crippen LogP contribution in [-0.2, 0) is 6.42 Å². The monoisotopic (exact) mass is 337 g/mol. The molecule has 0 unspecified atom stereocenters. The third-order valence-electron chi connectivity index (χ3n) is 6.29. The summed E-state index contributed by atoms with van der Waals surface area (Å²) in [5.41, 5.74) is 3.49. The van der Waals surface area contributed by atoms with E-state index < -0.39 is 0 Å². The van der Waals surface area contributed by atoms with Crippen molar-refractivity contribution < 1.29 is 5.11 Å². The smallest absolute Gasteiger partial charge is 0.135 e. The van der Waals surface area contributed by atoms with Gasteiger partial charge in [0.2, 0.25) is 0 Å². The van der Waals surface area contributed by atoms with E-state index in [4.69, 9.17) is 4.98 Å². The molecule has 2 saturated heterocycles. The van der Waals surface area contributed by atoms with Gasteiger partial charge in [0.15, 0.2) is 0 Å². The molecule has 3 heterocycles. The maximum atomic E-state index is 10.4. The molecule has 2 aromatic rings. The van der Waals surface area contributed by atoms with Crippen LogP contribution in [-0.4, -0.2) is 33.8 Å². The molecule has 4 nitrogen and oxygen atoms in total. The zero-order valence-corrected chi connectivity index (χ0v) is 15.4. The SMILES string of the molecule is Cc1nc(C)c(C)c(N2[C@@H]3CC[C@H]2[C@](CO)(Cc2ccccc2)C3)n1. The highest BCUT2D eigenvalue weighted by atomic mass is 16.3.